The smallest absolute Gasteiger partial charge is 0.251 e. The van der Waals surface area contributed by atoms with E-state index in [-0.39, 0.29) is 12.0 Å². The second-order valence-electron chi connectivity index (χ2n) is 4.10. The summed E-state index contributed by atoms with van der Waals surface area (Å²) in [5.41, 5.74) is 5.61. The molecular weight excluding hydrogens is 252 g/mol. The van der Waals surface area contributed by atoms with Gasteiger partial charge < -0.3 is 15.8 Å². The van der Waals surface area contributed by atoms with Crippen LogP contribution in [-0.4, -0.2) is 25.0 Å². The van der Waals surface area contributed by atoms with Crippen LogP contribution in [-0.2, 0) is 9.53 Å². The minimum atomic E-state index is -0.528. The second-order valence-corrected chi connectivity index (χ2v) is 5.35. The molecule has 0 radical (unpaired) electrons. The predicted molar refractivity (Wildman–Crippen MR) is 71.9 cm³/mol. The molecular formula is C12H18N2O3S. The van der Waals surface area contributed by atoms with E-state index in [1.807, 2.05) is 13.8 Å². The number of rotatable bonds is 6. The highest BCUT2D eigenvalue weighted by atomic mass is 32.1. The number of nitrogens with two attached hydrogens (primary N) is 1. The molecule has 6 heteroatoms. The first-order valence-electron chi connectivity index (χ1n) is 5.67. The number of ether oxygens (including phenoxy) is 1. The van der Waals surface area contributed by atoms with Crippen LogP contribution in [0.25, 0.3) is 0 Å². The average Bonchev–Trinajstić information content (AvgIpc) is 2.67. The Morgan fingerprint density at radius 3 is 2.78 bits per heavy atom. The van der Waals surface area contributed by atoms with Gasteiger partial charge in [-0.25, -0.2) is 0 Å². The number of primary amides is 1. The van der Waals surface area contributed by atoms with Crippen molar-refractivity contribution in [1.29, 1.82) is 0 Å². The first kappa shape index (κ1) is 14.7. The molecule has 1 aromatic heterocycles. The van der Waals surface area contributed by atoms with Crippen molar-refractivity contribution in [3.8, 4) is 0 Å². The lowest BCUT2D eigenvalue weighted by Crippen LogP contribution is -2.17. The van der Waals surface area contributed by atoms with Crippen molar-refractivity contribution >= 4 is 28.2 Å². The summed E-state index contributed by atoms with van der Waals surface area (Å²) in [7, 11) is 1.61. The molecule has 0 aliphatic rings. The SMILES string of the molecule is CO[C@@H](C)CCC(=O)Nc1sc(C)cc1C(N)=O. The minimum Gasteiger partial charge on any atom is -0.382 e. The van der Waals surface area contributed by atoms with Crippen LogP contribution in [0.2, 0.25) is 0 Å². The van der Waals surface area contributed by atoms with Crippen LogP contribution in [0.15, 0.2) is 6.07 Å². The number of hydrogen-bond donors (Lipinski definition) is 2. The highest BCUT2D eigenvalue weighted by Gasteiger charge is 2.14. The van der Waals surface area contributed by atoms with Gasteiger partial charge in [0.2, 0.25) is 5.91 Å². The summed E-state index contributed by atoms with van der Waals surface area (Å²) in [5.74, 6) is -0.664. The molecule has 0 fully saturated rings. The van der Waals surface area contributed by atoms with Crippen molar-refractivity contribution in [2.75, 3.05) is 12.4 Å². The van der Waals surface area contributed by atoms with Gasteiger partial charge in [0, 0.05) is 18.4 Å². The summed E-state index contributed by atoms with van der Waals surface area (Å²) in [4.78, 5) is 23.8. The number of amides is 2. The molecule has 0 bridgehead atoms. The number of nitrogens with one attached hydrogen (secondary N) is 1. The van der Waals surface area contributed by atoms with Gasteiger partial charge >= 0.3 is 0 Å². The van der Waals surface area contributed by atoms with Gasteiger partial charge in [0.1, 0.15) is 5.00 Å². The van der Waals surface area contributed by atoms with Crippen LogP contribution in [0.4, 0.5) is 5.00 Å². The number of methoxy groups -OCH3 is 1. The molecule has 0 saturated carbocycles. The van der Waals surface area contributed by atoms with Crippen molar-refractivity contribution in [2.45, 2.75) is 32.8 Å². The van der Waals surface area contributed by atoms with E-state index in [0.717, 1.165) is 4.88 Å². The van der Waals surface area contributed by atoms with Gasteiger partial charge in [0.05, 0.1) is 11.7 Å². The Labute approximate surface area is 110 Å². The molecule has 1 atom stereocenters. The van der Waals surface area contributed by atoms with Crippen LogP contribution in [0.3, 0.4) is 0 Å². The third-order valence-electron chi connectivity index (χ3n) is 2.55. The van der Waals surface area contributed by atoms with E-state index in [2.05, 4.69) is 5.32 Å². The molecule has 1 rings (SSSR count). The zero-order valence-electron chi connectivity index (χ0n) is 10.8. The lowest BCUT2D eigenvalue weighted by molar-refractivity contribution is -0.116. The first-order valence-corrected chi connectivity index (χ1v) is 6.48. The predicted octanol–water partition coefficient (Wildman–Crippen LogP) is 1.91. The zero-order valence-corrected chi connectivity index (χ0v) is 11.6. The lowest BCUT2D eigenvalue weighted by Gasteiger charge is -2.09. The van der Waals surface area contributed by atoms with Gasteiger partial charge in [0.25, 0.3) is 5.91 Å². The summed E-state index contributed by atoms with van der Waals surface area (Å²) in [6.45, 7) is 3.76. The topological polar surface area (TPSA) is 81.4 Å². The standard InChI is InChI=1S/C12H18N2O3S/c1-7(17-3)4-5-10(15)14-12-9(11(13)16)6-8(2)18-12/h6-7H,4-5H2,1-3H3,(H2,13,16)(H,14,15)/t7-/m0/s1. The highest BCUT2D eigenvalue weighted by molar-refractivity contribution is 7.16. The fourth-order valence-corrected chi connectivity index (χ4v) is 2.36. The normalized spacial score (nSPS) is 12.2. The molecule has 18 heavy (non-hydrogen) atoms. The molecule has 3 N–H and O–H groups in total. The van der Waals surface area contributed by atoms with Gasteiger partial charge in [0.15, 0.2) is 0 Å². The Kier molecular flexibility index (Phi) is 5.30. The van der Waals surface area contributed by atoms with Crippen molar-refractivity contribution in [2.24, 2.45) is 5.73 Å². The van der Waals surface area contributed by atoms with E-state index in [1.54, 1.807) is 13.2 Å². The summed E-state index contributed by atoms with van der Waals surface area (Å²) < 4.78 is 5.07. The molecule has 0 aromatic carbocycles. The first-order chi connectivity index (χ1) is 8.43. The largest absolute Gasteiger partial charge is 0.382 e. The molecule has 0 saturated heterocycles. The number of carbonyl (C=O) groups excluding carboxylic acids is 2. The van der Waals surface area contributed by atoms with Gasteiger partial charge in [-0.1, -0.05) is 0 Å². The Hall–Kier alpha value is -1.40. The molecule has 100 valence electrons. The summed E-state index contributed by atoms with van der Waals surface area (Å²) >= 11 is 1.35. The molecule has 0 aliphatic heterocycles. The maximum Gasteiger partial charge on any atom is 0.251 e. The molecule has 0 aliphatic carbocycles. The molecule has 2 amide bonds. The van der Waals surface area contributed by atoms with Crippen molar-refractivity contribution in [3.05, 3.63) is 16.5 Å². The van der Waals surface area contributed by atoms with Crippen molar-refractivity contribution in [1.82, 2.24) is 0 Å². The van der Waals surface area contributed by atoms with E-state index < -0.39 is 5.91 Å². The maximum absolute atomic E-state index is 11.7. The second kappa shape index (κ2) is 6.51. The van der Waals surface area contributed by atoms with Crippen molar-refractivity contribution in [3.63, 3.8) is 0 Å². The number of thiophene rings is 1. The van der Waals surface area contributed by atoms with Crippen LogP contribution in [0, 0.1) is 6.92 Å². The van der Waals surface area contributed by atoms with E-state index in [9.17, 15) is 9.59 Å². The number of hydrogen-bond acceptors (Lipinski definition) is 4. The average molecular weight is 270 g/mol. The Bertz CT molecular complexity index is 443. The van der Waals surface area contributed by atoms with Crippen LogP contribution < -0.4 is 11.1 Å². The monoisotopic (exact) mass is 270 g/mol. The summed E-state index contributed by atoms with van der Waals surface area (Å²) in [6, 6.07) is 1.68. The van der Waals surface area contributed by atoms with Gasteiger partial charge in [-0.2, -0.15) is 0 Å². The number of carbonyl (C=O) groups is 2. The third-order valence-corrected chi connectivity index (χ3v) is 3.52. The summed E-state index contributed by atoms with van der Waals surface area (Å²) in [5, 5.41) is 3.24. The summed E-state index contributed by atoms with van der Waals surface area (Å²) in [6.07, 6.45) is 1.03. The highest BCUT2D eigenvalue weighted by Crippen LogP contribution is 2.27. The molecule has 1 aromatic rings. The fourth-order valence-electron chi connectivity index (χ4n) is 1.43. The van der Waals surface area contributed by atoms with E-state index in [4.69, 9.17) is 10.5 Å². The quantitative estimate of drug-likeness (QED) is 0.828. The Morgan fingerprint density at radius 1 is 1.56 bits per heavy atom. The zero-order chi connectivity index (χ0) is 13.7. The lowest BCUT2D eigenvalue weighted by atomic mass is 10.2. The molecule has 1 heterocycles. The van der Waals surface area contributed by atoms with E-state index >= 15 is 0 Å². The molecule has 0 unspecified atom stereocenters. The van der Waals surface area contributed by atoms with Crippen LogP contribution in [0.5, 0.6) is 0 Å². The Balaban J connectivity index is 2.61. The van der Waals surface area contributed by atoms with Crippen LogP contribution in [0.1, 0.15) is 35.0 Å². The van der Waals surface area contributed by atoms with Gasteiger partial charge in [-0.05, 0) is 26.3 Å². The third kappa shape index (κ3) is 4.12. The van der Waals surface area contributed by atoms with Crippen molar-refractivity contribution < 1.29 is 14.3 Å². The Morgan fingerprint density at radius 2 is 2.22 bits per heavy atom. The molecule has 0 spiro atoms. The van der Waals surface area contributed by atoms with Gasteiger partial charge in [-0.15, -0.1) is 11.3 Å². The van der Waals surface area contributed by atoms with E-state index in [0.29, 0.717) is 23.4 Å². The molecule has 5 nitrogen and oxygen atoms in total. The van der Waals surface area contributed by atoms with Crippen LogP contribution >= 0.6 is 11.3 Å². The van der Waals surface area contributed by atoms with E-state index in [1.165, 1.54) is 11.3 Å². The maximum atomic E-state index is 11.7. The fraction of sp³-hybridized carbons (Fsp3) is 0.500. The van der Waals surface area contributed by atoms with Gasteiger partial charge in [-0.3, -0.25) is 9.59 Å². The number of anilines is 1. The number of aryl methyl sites for hydroxylation is 1. The minimum absolute atomic E-state index is 0.0384.